The fraction of sp³-hybridized carbons (Fsp3) is 0.526. The molecule has 4 heterocycles. The minimum Gasteiger partial charge on any atom is -0.377 e. The standard InChI is InChI=1S/C19H23Cl2N5O2/c20-16-9-22-10-17(21)15(16)11-26-6-7-27-13-19(12-26)3-2-14(28-19)8-25-18-23-4-1-5-24-18/h1,4-5,9-10,14H,2-3,6-8,11-13H2,(H,23,24,25)/t14-,19+/m0/s1. The Hall–Kier alpha value is -1.51. The van der Waals surface area contributed by atoms with Gasteiger partial charge >= 0.3 is 0 Å². The van der Waals surface area contributed by atoms with Gasteiger partial charge in [-0.3, -0.25) is 9.88 Å². The molecule has 0 bridgehead atoms. The van der Waals surface area contributed by atoms with Crippen LogP contribution in [-0.2, 0) is 16.0 Å². The summed E-state index contributed by atoms with van der Waals surface area (Å²) >= 11 is 12.6. The third-order valence-electron chi connectivity index (χ3n) is 5.16. The van der Waals surface area contributed by atoms with Crippen LogP contribution in [0.25, 0.3) is 0 Å². The van der Waals surface area contributed by atoms with Crippen molar-refractivity contribution in [3.8, 4) is 0 Å². The molecule has 2 fully saturated rings. The fourth-order valence-electron chi connectivity index (χ4n) is 3.79. The van der Waals surface area contributed by atoms with E-state index in [2.05, 4.69) is 25.2 Å². The van der Waals surface area contributed by atoms with Crippen LogP contribution < -0.4 is 5.32 Å². The first kappa shape index (κ1) is 19.8. The number of ether oxygens (including phenoxy) is 2. The number of aromatic nitrogens is 3. The first-order valence-corrected chi connectivity index (χ1v) is 10.2. The molecule has 2 aliphatic heterocycles. The zero-order chi connectivity index (χ0) is 19.4. The minimum absolute atomic E-state index is 0.0976. The summed E-state index contributed by atoms with van der Waals surface area (Å²) in [6, 6.07) is 1.80. The topological polar surface area (TPSA) is 72.4 Å². The van der Waals surface area contributed by atoms with E-state index in [-0.39, 0.29) is 11.7 Å². The largest absolute Gasteiger partial charge is 0.377 e. The Balaban J connectivity index is 1.38. The van der Waals surface area contributed by atoms with Gasteiger partial charge in [0.15, 0.2) is 0 Å². The van der Waals surface area contributed by atoms with E-state index in [1.165, 1.54) is 0 Å². The van der Waals surface area contributed by atoms with E-state index in [1.54, 1.807) is 30.9 Å². The molecule has 0 unspecified atom stereocenters. The van der Waals surface area contributed by atoms with E-state index in [1.807, 2.05) is 0 Å². The normalized spacial score (nSPS) is 25.7. The lowest BCUT2D eigenvalue weighted by Gasteiger charge is -2.32. The third kappa shape index (κ3) is 4.72. The van der Waals surface area contributed by atoms with E-state index in [4.69, 9.17) is 32.7 Å². The maximum atomic E-state index is 6.46. The highest BCUT2D eigenvalue weighted by Crippen LogP contribution is 2.34. The molecular formula is C19H23Cl2N5O2. The molecule has 28 heavy (non-hydrogen) atoms. The van der Waals surface area contributed by atoms with Crippen molar-refractivity contribution in [3.05, 3.63) is 46.5 Å². The van der Waals surface area contributed by atoms with E-state index in [9.17, 15) is 0 Å². The molecule has 2 aromatic heterocycles. The highest BCUT2D eigenvalue weighted by molar-refractivity contribution is 6.35. The fourth-order valence-corrected chi connectivity index (χ4v) is 4.27. The molecule has 150 valence electrons. The van der Waals surface area contributed by atoms with Gasteiger partial charge < -0.3 is 14.8 Å². The number of hydrogen-bond acceptors (Lipinski definition) is 7. The van der Waals surface area contributed by atoms with Crippen LogP contribution in [0.4, 0.5) is 5.95 Å². The van der Waals surface area contributed by atoms with Crippen LogP contribution in [0.3, 0.4) is 0 Å². The van der Waals surface area contributed by atoms with Gasteiger partial charge in [-0.1, -0.05) is 23.2 Å². The Bertz CT molecular complexity index is 777. The summed E-state index contributed by atoms with van der Waals surface area (Å²) in [6.07, 6.45) is 8.72. The highest BCUT2D eigenvalue weighted by atomic mass is 35.5. The maximum absolute atomic E-state index is 6.46. The van der Waals surface area contributed by atoms with Crippen LogP contribution in [0.1, 0.15) is 18.4 Å². The summed E-state index contributed by atoms with van der Waals surface area (Å²) in [5.74, 6) is 0.618. The molecular weight excluding hydrogens is 401 g/mol. The molecule has 2 aliphatic rings. The molecule has 0 aliphatic carbocycles. The number of hydrogen-bond donors (Lipinski definition) is 1. The first-order valence-electron chi connectivity index (χ1n) is 9.40. The van der Waals surface area contributed by atoms with Crippen molar-refractivity contribution in [2.45, 2.75) is 31.1 Å². The van der Waals surface area contributed by atoms with Crippen LogP contribution in [-0.4, -0.2) is 64.4 Å². The van der Waals surface area contributed by atoms with Crippen molar-refractivity contribution < 1.29 is 9.47 Å². The van der Waals surface area contributed by atoms with Gasteiger partial charge in [-0.25, -0.2) is 9.97 Å². The number of rotatable bonds is 5. The molecule has 1 N–H and O–H groups in total. The van der Waals surface area contributed by atoms with Crippen molar-refractivity contribution >= 4 is 29.2 Å². The molecule has 0 amide bonds. The number of nitrogens with one attached hydrogen (secondary N) is 1. The van der Waals surface area contributed by atoms with Crippen LogP contribution in [0, 0.1) is 0 Å². The summed E-state index contributed by atoms with van der Waals surface area (Å²) in [4.78, 5) is 14.7. The number of nitrogens with zero attached hydrogens (tertiary/aromatic N) is 4. The smallest absolute Gasteiger partial charge is 0.222 e. The Morgan fingerprint density at radius 2 is 2.00 bits per heavy atom. The lowest BCUT2D eigenvalue weighted by Crippen LogP contribution is -2.44. The van der Waals surface area contributed by atoms with Crippen molar-refractivity contribution in [2.24, 2.45) is 0 Å². The molecule has 0 radical (unpaired) electrons. The predicted molar refractivity (Wildman–Crippen MR) is 108 cm³/mol. The second kappa shape index (κ2) is 8.88. The molecule has 0 saturated carbocycles. The summed E-state index contributed by atoms with van der Waals surface area (Å²) in [5, 5.41) is 4.42. The Kier molecular flexibility index (Phi) is 6.28. The van der Waals surface area contributed by atoms with Gasteiger partial charge in [0, 0.05) is 56.5 Å². The Morgan fingerprint density at radius 1 is 1.21 bits per heavy atom. The average Bonchev–Trinajstić information content (AvgIpc) is 2.98. The van der Waals surface area contributed by atoms with Gasteiger partial charge in [0.2, 0.25) is 5.95 Å². The van der Waals surface area contributed by atoms with Gasteiger partial charge in [-0.05, 0) is 18.9 Å². The van der Waals surface area contributed by atoms with E-state index in [0.29, 0.717) is 42.3 Å². The Morgan fingerprint density at radius 3 is 2.79 bits per heavy atom. The SMILES string of the molecule is Clc1cncc(Cl)c1CN1CCOC[C@@]2(CC[C@@H](CNc3ncccn3)O2)C1. The van der Waals surface area contributed by atoms with Crippen molar-refractivity contribution in [3.63, 3.8) is 0 Å². The number of pyridine rings is 1. The Labute approximate surface area is 174 Å². The molecule has 2 aromatic rings. The lowest BCUT2D eigenvalue weighted by molar-refractivity contribution is -0.0826. The molecule has 7 nitrogen and oxygen atoms in total. The molecule has 1 spiro atoms. The van der Waals surface area contributed by atoms with Crippen molar-refractivity contribution in [1.29, 1.82) is 0 Å². The zero-order valence-corrected chi connectivity index (χ0v) is 17.0. The second-order valence-electron chi connectivity index (χ2n) is 7.26. The van der Waals surface area contributed by atoms with E-state index in [0.717, 1.165) is 31.5 Å². The molecule has 9 heteroatoms. The third-order valence-corrected chi connectivity index (χ3v) is 5.81. The average molecular weight is 424 g/mol. The quantitative estimate of drug-likeness (QED) is 0.791. The lowest BCUT2D eigenvalue weighted by atomic mass is 10.00. The van der Waals surface area contributed by atoms with Gasteiger partial charge in [0.05, 0.1) is 29.4 Å². The van der Waals surface area contributed by atoms with E-state index >= 15 is 0 Å². The highest BCUT2D eigenvalue weighted by Gasteiger charge is 2.43. The molecule has 0 aromatic carbocycles. The van der Waals surface area contributed by atoms with Crippen molar-refractivity contribution in [1.82, 2.24) is 19.9 Å². The molecule has 2 saturated heterocycles. The summed E-state index contributed by atoms with van der Waals surface area (Å²) in [7, 11) is 0. The first-order chi connectivity index (χ1) is 13.6. The molecule has 2 atom stereocenters. The number of halogens is 2. The van der Waals surface area contributed by atoms with Gasteiger partial charge in [-0.15, -0.1) is 0 Å². The maximum Gasteiger partial charge on any atom is 0.222 e. The number of anilines is 1. The van der Waals surface area contributed by atoms with Crippen LogP contribution in [0.15, 0.2) is 30.9 Å². The molecule has 4 rings (SSSR count). The monoisotopic (exact) mass is 423 g/mol. The van der Waals surface area contributed by atoms with Gasteiger partial charge in [-0.2, -0.15) is 0 Å². The summed E-state index contributed by atoms with van der Waals surface area (Å²) < 4.78 is 12.3. The van der Waals surface area contributed by atoms with Crippen LogP contribution in [0.2, 0.25) is 10.0 Å². The van der Waals surface area contributed by atoms with Crippen LogP contribution >= 0.6 is 23.2 Å². The van der Waals surface area contributed by atoms with Gasteiger partial charge in [0.1, 0.15) is 5.60 Å². The predicted octanol–water partition coefficient (Wildman–Crippen LogP) is 3.04. The summed E-state index contributed by atoms with van der Waals surface area (Å²) in [5.41, 5.74) is 0.583. The van der Waals surface area contributed by atoms with Crippen molar-refractivity contribution in [2.75, 3.05) is 38.2 Å². The second-order valence-corrected chi connectivity index (χ2v) is 8.07. The summed E-state index contributed by atoms with van der Waals surface area (Å²) in [6.45, 7) is 4.16. The van der Waals surface area contributed by atoms with Crippen LogP contribution in [0.5, 0.6) is 0 Å². The van der Waals surface area contributed by atoms with E-state index < -0.39 is 0 Å². The van der Waals surface area contributed by atoms with Gasteiger partial charge in [0.25, 0.3) is 0 Å². The zero-order valence-electron chi connectivity index (χ0n) is 15.5. The minimum atomic E-state index is -0.313.